The molecule has 0 aliphatic heterocycles. The highest BCUT2D eigenvalue weighted by Gasteiger charge is 2.12. The number of carbonyl (C=O) groups is 1. The number of aryl methyl sites for hydroxylation is 1. The summed E-state index contributed by atoms with van der Waals surface area (Å²) < 4.78 is 5.63. The molecule has 0 amide bonds. The van der Waals surface area contributed by atoms with Crippen LogP contribution in [0.25, 0.3) is 0 Å². The van der Waals surface area contributed by atoms with Gasteiger partial charge in [-0.25, -0.2) is 19.9 Å². The van der Waals surface area contributed by atoms with E-state index in [2.05, 4.69) is 19.9 Å². The molecule has 0 unspecified atom stereocenters. The van der Waals surface area contributed by atoms with Crippen LogP contribution in [-0.4, -0.2) is 25.7 Å². The van der Waals surface area contributed by atoms with Crippen LogP contribution < -0.4 is 4.74 Å². The van der Waals surface area contributed by atoms with Gasteiger partial charge in [-0.3, -0.25) is 4.79 Å². The molecule has 0 aliphatic rings. The van der Waals surface area contributed by atoms with Gasteiger partial charge < -0.3 is 4.74 Å². The highest BCUT2D eigenvalue weighted by molar-refractivity contribution is 6.31. The van der Waals surface area contributed by atoms with E-state index in [0.717, 1.165) is 5.69 Å². The van der Waals surface area contributed by atoms with Crippen LogP contribution in [-0.2, 0) is 6.42 Å². The van der Waals surface area contributed by atoms with Gasteiger partial charge in [0.2, 0.25) is 0 Å². The second kappa shape index (κ2) is 7.14. The van der Waals surface area contributed by atoms with Gasteiger partial charge in [0.25, 0.3) is 0 Å². The molecular weight excluding hydrogens is 328 g/mol. The maximum atomic E-state index is 12.5. The van der Waals surface area contributed by atoms with E-state index in [9.17, 15) is 4.79 Å². The van der Waals surface area contributed by atoms with E-state index in [1.54, 1.807) is 30.5 Å². The van der Waals surface area contributed by atoms with Crippen molar-refractivity contribution in [2.75, 3.05) is 0 Å². The van der Waals surface area contributed by atoms with Crippen LogP contribution in [0.3, 0.4) is 0 Å². The molecule has 0 spiro atoms. The van der Waals surface area contributed by atoms with Gasteiger partial charge in [-0.05, 0) is 31.2 Å². The predicted octanol–water partition coefficient (Wildman–Crippen LogP) is 3.45. The Kier molecular flexibility index (Phi) is 4.77. The van der Waals surface area contributed by atoms with E-state index < -0.39 is 0 Å². The summed E-state index contributed by atoms with van der Waals surface area (Å²) in [5, 5.41) is 0.401. The van der Waals surface area contributed by atoms with Crippen molar-refractivity contribution in [3.8, 4) is 11.5 Å². The second-order valence-electron chi connectivity index (χ2n) is 5.07. The quantitative estimate of drug-likeness (QED) is 0.662. The molecule has 0 saturated carbocycles. The van der Waals surface area contributed by atoms with Gasteiger partial charge in [-0.1, -0.05) is 11.6 Å². The van der Waals surface area contributed by atoms with Crippen LogP contribution in [0, 0.1) is 6.92 Å². The molecule has 0 N–H and O–H groups in total. The zero-order valence-corrected chi connectivity index (χ0v) is 13.6. The number of hydrogen-bond donors (Lipinski definition) is 0. The van der Waals surface area contributed by atoms with Crippen molar-refractivity contribution >= 4 is 17.4 Å². The van der Waals surface area contributed by atoms with Crippen molar-refractivity contribution in [1.82, 2.24) is 19.9 Å². The highest BCUT2D eigenvalue weighted by atomic mass is 35.5. The molecule has 24 heavy (non-hydrogen) atoms. The minimum atomic E-state index is -0.141. The van der Waals surface area contributed by atoms with Gasteiger partial charge in [0, 0.05) is 22.5 Å². The van der Waals surface area contributed by atoms with Gasteiger partial charge in [0.1, 0.15) is 17.9 Å². The van der Waals surface area contributed by atoms with Gasteiger partial charge in [0.05, 0.1) is 18.8 Å². The molecule has 0 saturated heterocycles. The molecule has 0 fully saturated rings. The highest BCUT2D eigenvalue weighted by Crippen LogP contribution is 2.26. The first-order valence-electron chi connectivity index (χ1n) is 7.15. The number of aromatic nitrogens is 4. The number of benzene rings is 1. The molecule has 3 aromatic rings. The third kappa shape index (κ3) is 4.11. The zero-order chi connectivity index (χ0) is 16.9. The Morgan fingerprint density at radius 3 is 2.71 bits per heavy atom. The molecule has 0 bridgehead atoms. The summed E-state index contributed by atoms with van der Waals surface area (Å²) in [7, 11) is 0. The molecule has 120 valence electrons. The smallest absolute Gasteiger partial charge is 0.170 e. The van der Waals surface area contributed by atoms with E-state index >= 15 is 0 Å². The maximum absolute atomic E-state index is 12.5. The summed E-state index contributed by atoms with van der Waals surface area (Å²) >= 11 is 6.09. The molecule has 0 aliphatic carbocycles. The largest absolute Gasteiger partial charge is 0.454 e. The fourth-order valence-electron chi connectivity index (χ4n) is 2.09. The first kappa shape index (κ1) is 16.0. The number of carbonyl (C=O) groups excluding carboxylic acids is 1. The summed E-state index contributed by atoms with van der Waals surface area (Å²) in [6.45, 7) is 1.85. The Morgan fingerprint density at radius 2 is 1.96 bits per heavy atom. The van der Waals surface area contributed by atoms with E-state index in [1.165, 1.54) is 18.7 Å². The van der Waals surface area contributed by atoms with Crippen molar-refractivity contribution in [2.24, 2.45) is 0 Å². The minimum absolute atomic E-state index is 0.0932. The number of ether oxygens (including phenoxy) is 1. The van der Waals surface area contributed by atoms with Crippen molar-refractivity contribution < 1.29 is 9.53 Å². The predicted molar refractivity (Wildman–Crippen MR) is 88.4 cm³/mol. The van der Waals surface area contributed by atoms with Crippen LogP contribution in [0.15, 0.2) is 49.2 Å². The lowest BCUT2D eigenvalue weighted by Crippen LogP contribution is -2.07. The third-order valence-electron chi connectivity index (χ3n) is 3.13. The monoisotopic (exact) mass is 340 g/mol. The molecule has 0 atom stereocenters. The van der Waals surface area contributed by atoms with Gasteiger partial charge in [-0.15, -0.1) is 0 Å². The van der Waals surface area contributed by atoms with Crippen LogP contribution >= 0.6 is 11.6 Å². The lowest BCUT2D eigenvalue weighted by Gasteiger charge is -2.08. The average molecular weight is 341 g/mol. The summed E-state index contributed by atoms with van der Waals surface area (Å²) in [6, 6.07) is 6.61. The number of rotatable bonds is 5. The molecular formula is C17H13ClN4O2. The fourth-order valence-corrected chi connectivity index (χ4v) is 2.31. The first-order valence-corrected chi connectivity index (χ1v) is 7.53. The Hall–Kier alpha value is -2.86. The Bertz CT molecular complexity index is 871. The molecule has 2 heterocycles. The minimum Gasteiger partial charge on any atom is -0.454 e. The Labute approximate surface area is 143 Å². The van der Waals surface area contributed by atoms with E-state index in [1.807, 2.05) is 6.92 Å². The number of ketones is 1. The van der Waals surface area contributed by atoms with Crippen LogP contribution in [0.2, 0.25) is 5.02 Å². The molecule has 6 nitrogen and oxygen atoms in total. The molecule has 7 heteroatoms. The summed E-state index contributed by atoms with van der Waals surface area (Å²) in [5.74, 6) is 1.22. The maximum Gasteiger partial charge on any atom is 0.170 e. The fraction of sp³-hybridized carbons (Fsp3) is 0.118. The van der Waals surface area contributed by atoms with E-state index in [0.29, 0.717) is 27.9 Å². The van der Waals surface area contributed by atoms with E-state index in [-0.39, 0.29) is 12.2 Å². The second-order valence-corrected chi connectivity index (χ2v) is 5.50. The SMILES string of the molecule is Cc1ccnc(CC(=O)c2cc(Cl)cc(Oc3cncnc3)c2)n1. The first-order chi connectivity index (χ1) is 11.6. The lowest BCUT2D eigenvalue weighted by atomic mass is 10.1. The normalized spacial score (nSPS) is 10.4. The van der Waals surface area contributed by atoms with Crippen molar-refractivity contribution in [2.45, 2.75) is 13.3 Å². The molecule has 1 aromatic carbocycles. The van der Waals surface area contributed by atoms with Crippen molar-refractivity contribution in [3.05, 3.63) is 71.3 Å². The van der Waals surface area contributed by atoms with Gasteiger partial charge in [-0.2, -0.15) is 0 Å². The number of nitrogens with zero attached hydrogens (tertiary/aromatic N) is 4. The topological polar surface area (TPSA) is 77.9 Å². The summed E-state index contributed by atoms with van der Waals surface area (Å²) in [5.41, 5.74) is 1.24. The zero-order valence-electron chi connectivity index (χ0n) is 12.8. The molecule has 3 rings (SSSR count). The molecule has 2 aromatic heterocycles. The average Bonchev–Trinajstić information content (AvgIpc) is 2.55. The third-order valence-corrected chi connectivity index (χ3v) is 3.35. The van der Waals surface area contributed by atoms with Gasteiger partial charge >= 0.3 is 0 Å². The van der Waals surface area contributed by atoms with Crippen LogP contribution in [0.1, 0.15) is 21.9 Å². The summed E-state index contributed by atoms with van der Waals surface area (Å²) in [6.07, 6.45) is 6.18. The van der Waals surface area contributed by atoms with Crippen LogP contribution in [0.5, 0.6) is 11.5 Å². The van der Waals surface area contributed by atoms with Gasteiger partial charge in [0.15, 0.2) is 11.5 Å². The number of hydrogen-bond acceptors (Lipinski definition) is 6. The number of Topliss-reactive ketones (excluding diaryl/α,β-unsaturated/α-hetero) is 1. The number of halogens is 1. The van der Waals surface area contributed by atoms with Crippen molar-refractivity contribution in [1.29, 1.82) is 0 Å². The summed E-state index contributed by atoms with van der Waals surface area (Å²) in [4.78, 5) is 28.6. The Morgan fingerprint density at radius 1 is 1.17 bits per heavy atom. The lowest BCUT2D eigenvalue weighted by molar-refractivity contribution is 0.0990. The van der Waals surface area contributed by atoms with Crippen molar-refractivity contribution in [3.63, 3.8) is 0 Å². The standard InChI is InChI=1S/C17H13ClN4O2/c1-11-2-3-21-17(22-11)7-16(23)12-4-13(18)6-14(5-12)24-15-8-19-10-20-9-15/h2-6,8-10H,7H2,1H3. The van der Waals surface area contributed by atoms with Crippen LogP contribution in [0.4, 0.5) is 0 Å². The molecule has 0 radical (unpaired) electrons. The Balaban J connectivity index is 1.81. The van der Waals surface area contributed by atoms with E-state index in [4.69, 9.17) is 16.3 Å².